The van der Waals surface area contributed by atoms with E-state index in [1.165, 1.54) is 12.1 Å². The van der Waals surface area contributed by atoms with Gasteiger partial charge in [-0.2, -0.15) is 13.2 Å². The van der Waals surface area contributed by atoms with E-state index in [1.54, 1.807) is 32.9 Å². The summed E-state index contributed by atoms with van der Waals surface area (Å²) < 4.78 is 55.2. The van der Waals surface area contributed by atoms with Gasteiger partial charge in [0.2, 0.25) is 0 Å². The van der Waals surface area contributed by atoms with Crippen molar-refractivity contribution in [1.82, 2.24) is 4.72 Å². The Labute approximate surface area is 130 Å². The van der Waals surface area contributed by atoms with Crippen molar-refractivity contribution in [1.29, 1.82) is 0 Å². The minimum Gasteiger partial charge on any atom is -0.484 e. The lowest BCUT2D eigenvalue weighted by atomic mass is 10.1. The number of nitrogens with one attached hydrogen (secondary N) is 1. The van der Waals surface area contributed by atoms with E-state index in [9.17, 15) is 17.4 Å². The van der Waals surface area contributed by atoms with E-state index in [4.69, 9.17) is 6.42 Å². The van der Waals surface area contributed by atoms with Gasteiger partial charge < -0.3 is 4.74 Å². The molecule has 0 fully saturated rings. The summed E-state index contributed by atoms with van der Waals surface area (Å²) in [4.78, 5) is 0. The summed E-state index contributed by atoms with van der Waals surface area (Å²) in [5, 5.41) is 0. The van der Waals surface area contributed by atoms with Gasteiger partial charge in [0, 0.05) is 0 Å². The number of hydrogen-bond acceptors (Lipinski definition) is 2. The molecular weight excluding hydrogens is 315 g/mol. The third-order valence-corrected chi connectivity index (χ3v) is 4.13. The Morgan fingerprint density at radius 1 is 1.27 bits per heavy atom. The largest absolute Gasteiger partial charge is 0.484 e. The fraction of sp³-hybridized carbons (Fsp3) is 0.467. The van der Waals surface area contributed by atoms with E-state index >= 15 is 0 Å². The topological polar surface area (TPSA) is 38.3 Å². The molecular formula is C15H18F3NO2S. The van der Waals surface area contributed by atoms with Crippen molar-refractivity contribution in [2.75, 3.05) is 6.61 Å². The molecule has 0 aromatic heterocycles. The van der Waals surface area contributed by atoms with Gasteiger partial charge in [0.1, 0.15) is 11.8 Å². The molecule has 1 unspecified atom stereocenters. The monoisotopic (exact) mass is 333 g/mol. The highest BCUT2D eigenvalue weighted by Gasteiger charge is 2.28. The second-order valence-electron chi connectivity index (χ2n) is 5.57. The first-order valence-electron chi connectivity index (χ1n) is 6.46. The van der Waals surface area contributed by atoms with Crippen LogP contribution >= 0.6 is 0 Å². The van der Waals surface area contributed by atoms with Gasteiger partial charge in [0.25, 0.3) is 0 Å². The van der Waals surface area contributed by atoms with Crippen LogP contribution in [0.1, 0.15) is 32.4 Å². The van der Waals surface area contributed by atoms with Gasteiger partial charge in [-0.25, -0.2) is 8.93 Å². The number of halogens is 3. The molecule has 1 aromatic rings. The average molecular weight is 333 g/mol. The standard InChI is InChI=1S/C15H18F3NO2S/c1-5-13(19-22(20)14(2,3)4)11-6-8-12(9-7-11)21-10-15(16,17)18/h1,6-9,13,19H,10H2,2-4H3/t13-,22?/m1/s1. The molecule has 0 amide bonds. The highest BCUT2D eigenvalue weighted by Crippen LogP contribution is 2.22. The Morgan fingerprint density at radius 3 is 2.23 bits per heavy atom. The predicted octanol–water partition coefficient (Wildman–Crippen LogP) is 3.35. The zero-order valence-electron chi connectivity index (χ0n) is 12.5. The molecule has 1 aromatic carbocycles. The first-order chi connectivity index (χ1) is 10.0. The third kappa shape index (κ3) is 6.08. The minimum atomic E-state index is -4.38. The smallest absolute Gasteiger partial charge is 0.422 e. The summed E-state index contributed by atoms with van der Waals surface area (Å²) in [5.41, 5.74) is 0.624. The number of rotatable bonds is 5. The van der Waals surface area contributed by atoms with Crippen molar-refractivity contribution in [3.8, 4) is 18.1 Å². The van der Waals surface area contributed by atoms with Crippen LogP contribution in [0.3, 0.4) is 0 Å². The van der Waals surface area contributed by atoms with Crippen molar-refractivity contribution in [3.05, 3.63) is 29.8 Å². The molecule has 3 nitrogen and oxygen atoms in total. The summed E-state index contributed by atoms with van der Waals surface area (Å²) in [6.07, 6.45) is 1.04. The number of hydrogen-bond donors (Lipinski definition) is 1. The number of benzene rings is 1. The molecule has 0 aliphatic heterocycles. The van der Waals surface area contributed by atoms with Crippen molar-refractivity contribution in [3.63, 3.8) is 0 Å². The molecule has 0 saturated carbocycles. The predicted molar refractivity (Wildman–Crippen MR) is 80.6 cm³/mol. The molecule has 0 bridgehead atoms. The van der Waals surface area contributed by atoms with Crippen molar-refractivity contribution >= 4 is 11.0 Å². The fourth-order valence-electron chi connectivity index (χ4n) is 1.40. The first kappa shape index (κ1) is 18.5. The van der Waals surface area contributed by atoms with E-state index in [0.717, 1.165) is 0 Å². The summed E-state index contributed by atoms with van der Waals surface area (Å²) in [5.74, 6) is 2.56. The van der Waals surface area contributed by atoms with Crippen LogP contribution in [0.25, 0.3) is 0 Å². The summed E-state index contributed by atoms with van der Waals surface area (Å²) in [6, 6.07) is 5.28. The molecule has 1 rings (SSSR count). The number of alkyl halides is 3. The third-order valence-electron chi connectivity index (χ3n) is 2.56. The molecule has 0 heterocycles. The molecule has 0 spiro atoms. The molecule has 1 N–H and O–H groups in total. The summed E-state index contributed by atoms with van der Waals surface area (Å²) >= 11 is 0. The Balaban J connectivity index is 2.75. The van der Waals surface area contributed by atoms with Crippen LogP contribution in [-0.4, -0.2) is 21.7 Å². The van der Waals surface area contributed by atoms with Gasteiger partial charge in [-0.3, -0.25) is 0 Å². The van der Waals surface area contributed by atoms with Crippen molar-refractivity contribution in [2.45, 2.75) is 37.7 Å². The Morgan fingerprint density at radius 2 is 1.82 bits per heavy atom. The molecule has 2 atom stereocenters. The van der Waals surface area contributed by atoms with Crippen LogP contribution in [-0.2, 0) is 11.0 Å². The molecule has 22 heavy (non-hydrogen) atoms. The molecule has 0 aliphatic rings. The van der Waals surface area contributed by atoms with Crippen LogP contribution < -0.4 is 9.46 Å². The lowest BCUT2D eigenvalue weighted by molar-refractivity contribution is -0.153. The van der Waals surface area contributed by atoms with Crippen LogP contribution in [0.15, 0.2) is 24.3 Å². The quantitative estimate of drug-likeness (QED) is 0.839. The lowest BCUT2D eigenvalue weighted by Crippen LogP contribution is -2.35. The van der Waals surface area contributed by atoms with Crippen LogP contribution in [0.5, 0.6) is 5.75 Å². The molecule has 0 saturated heterocycles. The van der Waals surface area contributed by atoms with Crippen molar-refractivity contribution < 1.29 is 22.1 Å². The average Bonchev–Trinajstić information content (AvgIpc) is 2.41. The van der Waals surface area contributed by atoms with Crippen LogP contribution in [0, 0.1) is 12.3 Å². The molecule has 0 aliphatic carbocycles. The molecule has 7 heteroatoms. The van der Waals surface area contributed by atoms with Crippen molar-refractivity contribution in [2.24, 2.45) is 0 Å². The SMILES string of the molecule is C#C[C@@H](NS(=O)C(C)(C)C)c1ccc(OCC(F)(F)F)cc1. The highest BCUT2D eigenvalue weighted by molar-refractivity contribution is 7.84. The van der Waals surface area contributed by atoms with Gasteiger partial charge in [0.15, 0.2) is 6.61 Å². The Bertz CT molecular complexity index is 556. The van der Waals surface area contributed by atoms with E-state index in [1.807, 2.05) is 0 Å². The van der Waals surface area contributed by atoms with E-state index in [0.29, 0.717) is 5.56 Å². The molecule has 0 radical (unpaired) electrons. The zero-order chi connectivity index (χ0) is 17.0. The highest BCUT2D eigenvalue weighted by atomic mass is 32.2. The van der Waals surface area contributed by atoms with E-state index < -0.39 is 34.6 Å². The second kappa shape index (κ2) is 7.16. The zero-order valence-corrected chi connectivity index (χ0v) is 13.3. The normalized spacial score (nSPS) is 15.0. The van der Waals surface area contributed by atoms with Crippen LogP contribution in [0.2, 0.25) is 0 Å². The van der Waals surface area contributed by atoms with Gasteiger partial charge in [-0.1, -0.05) is 18.1 Å². The minimum absolute atomic E-state index is 0.0915. The van der Waals surface area contributed by atoms with Crippen LogP contribution in [0.4, 0.5) is 13.2 Å². The molecule has 122 valence electrons. The summed E-state index contributed by atoms with van der Waals surface area (Å²) in [6.45, 7) is 4.06. The maximum atomic E-state index is 12.1. The first-order valence-corrected chi connectivity index (χ1v) is 7.61. The lowest BCUT2D eigenvalue weighted by Gasteiger charge is -2.21. The van der Waals surface area contributed by atoms with Gasteiger partial charge >= 0.3 is 6.18 Å². The Kier molecular flexibility index (Phi) is 6.03. The van der Waals surface area contributed by atoms with Gasteiger partial charge in [-0.05, 0) is 38.5 Å². The maximum absolute atomic E-state index is 12.1. The Hall–Kier alpha value is -1.52. The summed E-state index contributed by atoms with van der Waals surface area (Å²) in [7, 11) is -1.36. The van der Waals surface area contributed by atoms with Gasteiger partial charge in [-0.15, -0.1) is 6.42 Å². The number of terminal acetylenes is 1. The fourth-order valence-corrected chi connectivity index (χ4v) is 2.18. The maximum Gasteiger partial charge on any atom is 0.422 e. The number of ether oxygens (including phenoxy) is 1. The van der Waals surface area contributed by atoms with Gasteiger partial charge in [0.05, 0.1) is 15.7 Å². The second-order valence-corrected chi connectivity index (χ2v) is 7.57. The van der Waals surface area contributed by atoms with E-state index in [2.05, 4.69) is 15.4 Å². The van der Waals surface area contributed by atoms with E-state index in [-0.39, 0.29) is 5.75 Å².